The lowest BCUT2D eigenvalue weighted by molar-refractivity contribution is 0.0246. The molecule has 0 bridgehead atoms. The van der Waals surface area contributed by atoms with E-state index in [9.17, 15) is 4.79 Å². The van der Waals surface area contributed by atoms with Gasteiger partial charge in [-0.15, -0.1) is 0 Å². The summed E-state index contributed by atoms with van der Waals surface area (Å²) in [5.74, 6) is 0. The van der Waals surface area contributed by atoms with Gasteiger partial charge in [-0.05, 0) is 26.3 Å². The molecule has 0 radical (unpaired) electrons. The maximum atomic E-state index is 12.0. The number of benzene rings is 1. The van der Waals surface area contributed by atoms with Crippen LogP contribution in [0.1, 0.15) is 39.2 Å². The molecule has 1 fully saturated rings. The van der Waals surface area contributed by atoms with Crippen molar-refractivity contribution in [3.8, 4) is 0 Å². The number of hydrogen-bond donors (Lipinski definition) is 0. The lowest BCUT2D eigenvalue weighted by Gasteiger charge is -2.30. The first-order chi connectivity index (χ1) is 10.4. The van der Waals surface area contributed by atoms with Gasteiger partial charge in [-0.2, -0.15) is 0 Å². The smallest absolute Gasteiger partial charge is 0.410 e. The molecular weight excluding hydrogens is 280 g/mol. The first-order valence-corrected chi connectivity index (χ1v) is 7.63. The van der Waals surface area contributed by atoms with Gasteiger partial charge in [0.05, 0.1) is 5.71 Å². The number of rotatable bonds is 3. The van der Waals surface area contributed by atoms with E-state index >= 15 is 0 Å². The number of ether oxygens (including phenoxy) is 1. The highest BCUT2D eigenvalue weighted by Crippen LogP contribution is 2.14. The zero-order valence-electron chi connectivity index (χ0n) is 13.5. The van der Waals surface area contributed by atoms with Crippen LogP contribution in [0.2, 0.25) is 0 Å². The van der Waals surface area contributed by atoms with Crippen molar-refractivity contribution >= 4 is 11.8 Å². The summed E-state index contributed by atoms with van der Waals surface area (Å²) < 4.78 is 5.37. The van der Waals surface area contributed by atoms with Crippen molar-refractivity contribution in [3.05, 3.63) is 35.9 Å². The second kappa shape index (κ2) is 7.29. The second-order valence-corrected chi connectivity index (χ2v) is 6.38. The Morgan fingerprint density at radius 1 is 1.18 bits per heavy atom. The van der Waals surface area contributed by atoms with Crippen molar-refractivity contribution < 1.29 is 14.4 Å². The molecule has 1 heterocycles. The molecule has 0 N–H and O–H groups in total. The van der Waals surface area contributed by atoms with Crippen LogP contribution < -0.4 is 0 Å². The Bertz CT molecular complexity index is 510. The van der Waals surface area contributed by atoms with E-state index in [-0.39, 0.29) is 6.09 Å². The summed E-state index contributed by atoms with van der Waals surface area (Å²) in [5.41, 5.74) is 1.64. The molecule has 0 aromatic heterocycles. The van der Waals surface area contributed by atoms with Crippen molar-refractivity contribution in [3.63, 3.8) is 0 Å². The Hall–Kier alpha value is -2.04. The molecule has 22 heavy (non-hydrogen) atoms. The highest BCUT2D eigenvalue weighted by molar-refractivity contribution is 5.86. The Kier molecular flexibility index (Phi) is 5.41. The molecule has 2 rings (SSSR count). The van der Waals surface area contributed by atoms with Crippen molar-refractivity contribution in [2.45, 2.75) is 45.8 Å². The van der Waals surface area contributed by atoms with Crippen molar-refractivity contribution in [2.75, 3.05) is 13.1 Å². The summed E-state index contributed by atoms with van der Waals surface area (Å²) in [6, 6.07) is 9.94. The Balaban J connectivity index is 1.75. The lowest BCUT2D eigenvalue weighted by Crippen LogP contribution is -2.41. The molecule has 1 saturated heterocycles. The monoisotopic (exact) mass is 304 g/mol. The normalized spacial score (nSPS) is 15.4. The maximum absolute atomic E-state index is 12.0. The summed E-state index contributed by atoms with van der Waals surface area (Å²) in [7, 11) is 0. The molecule has 1 aliphatic rings. The summed E-state index contributed by atoms with van der Waals surface area (Å²) in [5, 5.41) is 4.18. The number of carbonyl (C=O) groups excluding carboxylic acids is 1. The molecule has 1 aromatic rings. The SMILES string of the molecule is CC(C)(C)OC(=O)N1CCC(=NOCc2ccccc2)CC1. The van der Waals surface area contributed by atoms with Gasteiger partial charge in [-0.1, -0.05) is 35.5 Å². The van der Waals surface area contributed by atoms with E-state index in [1.165, 1.54) is 0 Å². The number of piperidine rings is 1. The van der Waals surface area contributed by atoms with Gasteiger partial charge >= 0.3 is 6.09 Å². The maximum Gasteiger partial charge on any atom is 0.410 e. The predicted octanol–water partition coefficient (Wildman–Crippen LogP) is 3.59. The van der Waals surface area contributed by atoms with E-state index in [1.807, 2.05) is 51.1 Å². The fourth-order valence-corrected chi connectivity index (χ4v) is 2.14. The minimum absolute atomic E-state index is 0.253. The van der Waals surface area contributed by atoms with E-state index in [0.29, 0.717) is 19.7 Å². The number of hydrogen-bond acceptors (Lipinski definition) is 4. The fraction of sp³-hybridized carbons (Fsp3) is 0.529. The zero-order chi connectivity index (χ0) is 16.0. The van der Waals surface area contributed by atoms with Crippen molar-refractivity contribution in [2.24, 2.45) is 5.16 Å². The topological polar surface area (TPSA) is 51.1 Å². The van der Waals surface area contributed by atoms with Gasteiger partial charge in [0.25, 0.3) is 0 Å². The molecule has 1 aliphatic heterocycles. The van der Waals surface area contributed by atoms with Crippen LogP contribution in [-0.2, 0) is 16.2 Å². The molecule has 0 atom stereocenters. The van der Waals surface area contributed by atoms with Crippen LogP contribution in [0.25, 0.3) is 0 Å². The predicted molar refractivity (Wildman–Crippen MR) is 85.7 cm³/mol. The molecule has 0 aliphatic carbocycles. The van der Waals surface area contributed by atoms with E-state index in [4.69, 9.17) is 9.57 Å². The second-order valence-electron chi connectivity index (χ2n) is 6.38. The van der Waals surface area contributed by atoms with Gasteiger partial charge in [0, 0.05) is 25.9 Å². The number of nitrogens with zero attached hydrogens (tertiary/aromatic N) is 2. The van der Waals surface area contributed by atoms with Gasteiger partial charge in [0.15, 0.2) is 0 Å². The van der Waals surface area contributed by atoms with Crippen LogP contribution in [-0.4, -0.2) is 35.4 Å². The highest BCUT2D eigenvalue weighted by atomic mass is 16.6. The van der Waals surface area contributed by atoms with Gasteiger partial charge in [0.2, 0.25) is 0 Å². The van der Waals surface area contributed by atoms with Crippen LogP contribution in [0.4, 0.5) is 4.79 Å². The van der Waals surface area contributed by atoms with Crippen LogP contribution in [0.3, 0.4) is 0 Å². The van der Waals surface area contributed by atoms with Gasteiger partial charge in [-0.3, -0.25) is 0 Å². The van der Waals surface area contributed by atoms with Crippen molar-refractivity contribution in [1.29, 1.82) is 0 Å². The minimum atomic E-state index is -0.454. The first kappa shape index (κ1) is 16.3. The third kappa shape index (κ3) is 5.39. The molecule has 0 saturated carbocycles. The molecule has 1 amide bonds. The quantitative estimate of drug-likeness (QED) is 0.802. The minimum Gasteiger partial charge on any atom is -0.444 e. The molecule has 0 unspecified atom stereocenters. The number of oxime groups is 1. The molecular formula is C17H24N2O3. The average Bonchev–Trinajstić information content (AvgIpc) is 2.47. The lowest BCUT2D eigenvalue weighted by atomic mass is 10.1. The van der Waals surface area contributed by atoms with Crippen LogP contribution in [0.15, 0.2) is 35.5 Å². The first-order valence-electron chi connectivity index (χ1n) is 7.63. The van der Waals surface area contributed by atoms with Crippen LogP contribution in [0, 0.1) is 0 Å². The Labute approximate surface area is 131 Å². The van der Waals surface area contributed by atoms with Crippen LogP contribution >= 0.6 is 0 Å². The summed E-state index contributed by atoms with van der Waals surface area (Å²) >= 11 is 0. The van der Waals surface area contributed by atoms with E-state index in [2.05, 4.69) is 5.16 Å². The molecule has 0 spiro atoms. The Morgan fingerprint density at radius 2 is 1.82 bits per heavy atom. The molecule has 5 nitrogen and oxygen atoms in total. The van der Waals surface area contributed by atoms with Gasteiger partial charge in [-0.25, -0.2) is 4.79 Å². The number of amides is 1. The van der Waals surface area contributed by atoms with Crippen molar-refractivity contribution in [1.82, 2.24) is 4.90 Å². The highest BCUT2D eigenvalue weighted by Gasteiger charge is 2.25. The van der Waals surface area contributed by atoms with E-state index in [1.54, 1.807) is 4.90 Å². The number of likely N-dealkylation sites (tertiary alicyclic amines) is 1. The molecule has 5 heteroatoms. The number of carbonyl (C=O) groups is 1. The summed E-state index contributed by atoms with van der Waals surface area (Å²) in [4.78, 5) is 19.1. The third-order valence-corrected chi connectivity index (χ3v) is 3.26. The van der Waals surface area contributed by atoms with E-state index in [0.717, 1.165) is 24.1 Å². The molecule has 120 valence electrons. The summed E-state index contributed by atoms with van der Waals surface area (Å²) in [6.45, 7) is 7.35. The Morgan fingerprint density at radius 3 is 2.41 bits per heavy atom. The third-order valence-electron chi connectivity index (χ3n) is 3.26. The average molecular weight is 304 g/mol. The van der Waals surface area contributed by atoms with Gasteiger partial charge in [0.1, 0.15) is 12.2 Å². The van der Waals surface area contributed by atoms with E-state index < -0.39 is 5.60 Å². The fourth-order valence-electron chi connectivity index (χ4n) is 2.14. The molecule has 1 aromatic carbocycles. The summed E-state index contributed by atoms with van der Waals surface area (Å²) in [6.07, 6.45) is 1.21. The zero-order valence-corrected chi connectivity index (χ0v) is 13.5. The van der Waals surface area contributed by atoms with Gasteiger partial charge < -0.3 is 14.5 Å². The largest absolute Gasteiger partial charge is 0.444 e. The van der Waals surface area contributed by atoms with Crippen LogP contribution in [0.5, 0.6) is 0 Å². The standard InChI is InChI=1S/C17H24N2O3/c1-17(2,3)22-16(20)19-11-9-15(10-12-19)18-21-13-14-7-5-4-6-8-14/h4-8H,9-13H2,1-3H3.